The highest BCUT2D eigenvalue weighted by atomic mass is 35.5. The molecule has 6 heteroatoms. The van der Waals surface area contributed by atoms with Crippen LogP contribution in [-0.4, -0.2) is 32.1 Å². The minimum absolute atomic E-state index is 0.0783. The van der Waals surface area contributed by atoms with Crippen LogP contribution in [0.25, 0.3) is 0 Å². The molecule has 0 radical (unpaired) electrons. The second-order valence-electron chi connectivity index (χ2n) is 5.85. The molecule has 128 valence electrons. The molecule has 2 N–H and O–H groups in total. The van der Waals surface area contributed by atoms with Gasteiger partial charge in [-0.2, -0.15) is 0 Å². The van der Waals surface area contributed by atoms with Crippen molar-refractivity contribution in [3.8, 4) is 5.75 Å². The second-order valence-corrected chi connectivity index (χ2v) is 6.64. The molecular weight excluding hydrogens is 335 g/mol. The minimum Gasteiger partial charge on any atom is -0.492 e. The van der Waals surface area contributed by atoms with Crippen molar-refractivity contribution in [2.45, 2.75) is 32.1 Å². The Kier molecular flexibility index (Phi) is 8.00. The van der Waals surface area contributed by atoms with Gasteiger partial charge in [0.1, 0.15) is 10.8 Å². The fourth-order valence-electron chi connectivity index (χ4n) is 2.68. The Morgan fingerprint density at radius 1 is 1.39 bits per heavy atom. The van der Waals surface area contributed by atoms with Gasteiger partial charge in [-0.1, -0.05) is 29.3 Å². The van der Waals surface area contributed by atoms with E-state index in [4.69, 9.17) is 27.9 Å². The molecule has 0 aromatic heterocycles. The highest BCUT2D eigenvalue weighted by molar-refractivity contribution is 6.42. The van der Waals surface area contributed by atoms with Gasteiger partial charge in [0.2, 0.25) is 5.91 Å². The van der Waals surface area contributed by atoms with Crippen LogP contribution >= 0.6 is 23.2 Å². The molecule has 0 aliphatic carbocycles. The SMILES string of the molecule is O=C(CCCOc1cccc(Cl)c1Cl)NCCC1CCCNC1. The molecule has 1 aromatic carbocycles. The van der Waals surface area contributed by atoms with Gasteiger partial charge in [0.15, 0.2) is 0 Å². The maximum Gasteiger partial charge on any atom is 0.220 e. The van der Waals surface area contributed by atoms with Crippen molar-refractivity contribution in [2.75, 3.05) is 26.2 Å². The largest absolute Gasteiger partial charge is 0.492 e. The van der Waals surface area contributed by atoms with E-state index >= 15 is 0 Å². The predicted molar refractivity (Wildman–Crippen MR) is 94.4 cm³/mol. The zero-order valence-corrected chi connectivity index (χ0v) is 14.8. The monoisotopic (exact) mass is 358 g/mol. The average Bonchev–Trinajstić information content (AvgIpc) is 2.56. The van der Waals surface area contributed by atoms with E-state index in [0.29, 0.717) is 41.2 Å². The van der Waals surface area contributed by atoms with Gasteiger partial charge in [0.25, 0.3) is 0 Å². The summed E-state index contributed by atoms with van der Waals surface area (Å²) in [7, 11) is 0. The van der Waals surface area contributed by atoms with E-state index in [-0.39, 0.29) is 5.91 Å². The summed E-state index contributed by atoms with van der Waals surface area (Å²) in [4.78, 5) is 11.8. The third-order valence-corrected chi connectivity index (χ3v) is 4.80. The zero-order chi connectivity index (χ0) is 16.5. The molecule has 1 saturated heterocycles. The number of carbonyl (C=O) groups is 1. The predicted octanol–water partition coefficient (Wildman–Crippen LogP) is 3.66. The average molecular weight is 359 g/mol. The Morgan fingerprint density at radius 2 is 2.26 bits per heavy atom. The molecule has 1 aliphatic heterocycles. The van der Waals surface area contributed by atoms with Crippen LogP contribution in [0, 0.1) is 5.92 Å². The maximum atomic E-state index is 11.8. The van der Waals surface area contributed by atoms with Crippen LogP contribution in [0.2, 0.25) is 10.0 Å². The number of rotatable bonds is 8. The number of hydrogen-bond donors (Lipinski definition) is 2. The van der Waals surface area contributed by atoms with Gasteiger partial charge < -0.3 is 15.4 Å². The van der Waals surface area contributed by atoms with Crippen molar-refractivity contribution in [2.24, 2.45) is 5.92 Å². The lowest BCUT2D eigenvalue weighted by Gasteiger charge is -2.22. The van der Waals surface area contributed by atoms with E-state index in [1.807, 2.05) is 0 Å². The lowest BCUT2D eigenvalue weighted by Crippen LogP contribution is -2.33. The summed E-state index contributed by atoms with van der Waals surface area (Å²) in [6.07, 6.45) is 4.66. The summed E-state index contributed by atoms with van der Waals surface area (Å²) >= 11 is 12.0. The number of benzene rings is 1. The maximum absolute atomic E-state index is 11.8. The normalized spacial score (nSPS) is 17.7. The van der Waals surface area contributed by atoms with Crippen molar-refractivity contribution < 1.29 is 9.53 Å². The molecule has 1 amide bonds. The summed E-state index contributed by atoms with van der Waals surface area (Å²) < 4.78 is 5.56. The molecule has 0 spiro atoms. The van der Waals surface area contributed by atoms with E-state index < -0.39 is 0 Å². The number of halogens is 2. The molecule has 1 aromatic rings. The Balaban J connectivity index is 1.55. The zero-order valence-electron chi connectivity index (χ0n) is 13.2. The third kappa shape index (κ3) is 6.58. The first-order valence-electron chi connectivity index (χ1n) is 8.21. The van der Waals surface area contributed by atoms with Crippen molar-refractivity contribution in [1.29, 1.82) is 0 Å². The number of carbonyl (C=O) groups excluding carboxylic acids is 1. The van der Waals surface area contributed by atoms with E-state index in [9.17, 15) is 4.79 Å². The third-order valence-electron chi connectivity index (χ3n) is 4.00. The van der Waals surface area contributed by atoms with Gasteiger partial charge in [-0.25, -0.2) is 0 Å². The van der Waals surface area contributed by atoms with Crippen molar-refractivity contribution in [3.05, 3.63) is 28.2 Å². The van der Waals surface area contributed by atoms with Crippen molar-refractivity contribution in [1.82, 2.24) is 10.6 Å². The van der Waals surface area contributed by atoms with Crippen LogP contribution in [0.1, 0.15) is 32.1 Å². The summed E-state index contributed by atoms with van der Waals surface area (Å²) in [5, 5.41) is 7.26. The fourth-order valence-corrected chi connectivity index (χ4v) is 3.03. The van der Waals surface area contributed by atoms with E-state index in [2.05, 4.69) is 10.6 Å². The van der Waals surface area contributed by atoms with E-state index in [1.54, 1.807) is 18.2 Å². The van der Waals surface area contributed by atoms with Crippen LogP contribution in [0.15, 0.2) is 18.2 Å². The van der Waals surface area contributed by atoms with Crippen molar-refractivity contribution >= 4 is 29.1 Å². The van der Waals surface area contributed by atoms with Crippen LogP contribution < -0.4 is 15.4 Å². The molecule has 1 atom stereocenters. The Hall–Kier alpha value is -0.970. The Labute approximate surface area is 147 Å². The highest BCUT2D eigenvalue weighted by Crippen LogP contribution is 2.31. The number of hydrogen-bond acceptors (Lipinski definition) is 3. The standard InChI is InChI=1S/C17H24Cl2N2O2/c18-14-5-1-6-15(17(14)19)23-11-3-7-16(22)21-10-8-13-4-2-9-20-12-13/h1,5-6,13,20H,2-4,7-12H2,(H,21,22). The van der Waals surface area contributed by atoms with Crippen LogP contribution in [0.4, 0.5) is 0 Å². The van der Waals surface area contributed by atoms with Crippen LogP contribution in [0.5, 0.6) is 5.75 Å². The fraction of sp³-hybridized carbons (Fsp3) is 0.588. The second kappa shape index (κ2) is 10.0. The smallest absolute Gasteiger partial charge is 0.220 e. The number of amides is 1. The minimum atomic E-state index is 0.0783. The molecule has 1 fully saturated rings. The lowest BCUT2D eigenvalue weighted by molar-refractivity contribution is -0.121. The number of ether oxygens (including phenoxy) is 1. The van der Waals surface area contributed by atoms with Crippen LogP contribution in [-0.2, 0) is 4.79 Å². The number of nitrogens with one attached hydrogen (secondary N) is 2. The molecular formula is C17H24Cl2N2O2. The quantitative estimate of drug-likeness (QED) is 0.697. The summed E-state index contributed by atoms with van der Waals surface area (Å²) in [5.41, 5.74) is 0. The Bertz CT molecular complexity index is 505. The first kappa shape index (κ1) is 18.4. The molecule has 23 heavy (non-hydrogen) atoms. The van der Waals surface area contributed by atoms with Gasteiger partial charge in [0, 0.05) is 13.0 Å². The number of piperidine rings is 1. The molecule has 0 saturated carbocycles. The van der Waals surface area contributed by atoms with Gasteiger partial charge in [-0.15, -0.1) is 0 Å². The summed E-state index contributed by atoms with van der Waals surface area (Å²) in [5.74, 6) is 1.33. The highest BCUT2D eigenvalue weighted by Gasteiger charge is 2.12. The molecule has 1 aliphatic rings. The van der Waals surface area contributed by atoms with Gasteiger partial charge in [0.05, 0.1) is 11.6 Å². The van der Waals surface area contributed by atoms with E-state index in [0.717, 1.165) is 26.1 Å². The Morgan fingerprint density at radius 3 is 3.04 bits per heavy atom. The molecule has 4 nitrogen and oxygen atoms in total. The van der Waals surface area contributed by atoms with E-state index in [1.165, 1.54) is 12.8 Å². The molecule has 1 unspecified atom stereocenters. The van der Waals surface area contributed by atoms with Gasteiger partial charge in [-0.05, 0) is 56.8 Å². The molecule has 1 heterocycles. The first-order valence-corrected chi connectivity index (χ1v) is 8.96. The summed E-state index contributed by atoms with van der Waals surface area (Å²) in [6.45, 7) is 3.40. The lowest BCUT2D eigenvalue weighted by atomic mass is 9.96. The topological polar surface area (TPSA) is 50.4 Å². The molecule has 0 bridgehead atoms. The van der Waals surface area contributed by atoms with Gasteiger partial charge >= 0.3 is 0 Å². The van der Waals surface area contributed by atoms with Gasteiger partial charge in [-0.3, -0.25) is 4.79 Å². The van der Waals surface area contributed by atoms with Crippen molar-refractivity contribution in [3.63, 3.8) is 0 Å². The molecule has 2 rings (SSSR count). The first-order chi connectivity index (χ1) is 11.2. The summed E-state index contributed by atoms with van der Waals surface area (Å²) in [6, 6.07) is 5.27. The van der Waals surface area contributed by atoms with Crippen LogP contribution in [0.3, 0.4) is 0 Å².